The van der Waals surface area contributed by atoms with E-state index in [-0.39, 0.29) is 12.0 Å². The van der Waals surface area contributed by atoms with E-state index in [0.29, 0.717) is 13.1 Å². The summed E-state index contributed by atoms with van der Waals surface area (Å²) in [4.78, 5) is 11.8. The highest BCUT2D eigenvalue weighted by atomic mass is 16.1. The fourth-order valence-corrected chi connectivity index (χ4v) is 1.34. The van der Waals surface area contributed by atoms with Crippen molar-refractivity contribution in [3.8, 4) is 0 Å². The second kappa shape index (κ2) is 3.94. The molecule has 0 atom stereocenters. The van der Waals surface area contributed by atoms with Crippen LogP contribution < -0.4 is 11.1 Å². The number of hydrogen-bond acceptors (Lipinski definition) is 2. The lowest BCUT2D eigenvalue weighted by Gasteiger charge is -2.28. The highest BCUT2D eigenvalue weighted by Crippen LogP contribution is 2.07. The largest absolute Gasteiger partial charge is 0.370 e. The van der Waals surface area contributed by atoms with E-state index in [2.05, 4.69) is 5.32 Å². The first-order chi connectivity index (χ1) is 5.72. The van der Waals surface area contributed by atoms with Crippen LogP contribution in [0.15, 0.2) is 0 Å². The Morgan fingerprint density at radius 1 is 1.58 bits per heavy atom. The lowest BCUT2D eigenvalue weighted by atomic mass is 10.1. The van der Waals surface area contributed by atoms with Gasteiger partial charge in [-0.15, -0.1) is 0 Å². The van der Waals surface area contributed by atoms with Gasteiger partial charge in [0, 0.05) is 19.1 Å². The minimum atomic E-state index is 0.00327. The van der Waals surface area contributed by atoms with Crippen molar-refractivity contribution >= 4 is 12.4 Å². The summed E-state index contributed by atoms with van der Waals surface area (Å²) in [7, 11) is 0. The molecule has 67 valence electrons. The molecule has 4 N–H and O–H groups in total. The van der Waals surface area contributed by atoms with Gasteiger partial charge in [0.15, 0.2) is 5.96 Å². The van der Waals surface area contributed by atoms with Crippen LogP contribution in [0.25, 0.3) is 0 Å². The maximum absolute atomic E-state index is 10.2. The normalized spacial score (nSPS) is 18.8. The Labute approximate surface area is 71.4 Å². The average Bonchev–Trinajstić information content (AvgIpc) is 2.05. The predicted octanol–water partition coefficient (Wildman–Crippen LogP) is -0.999. The molecule has 1 rings (SSSR count). The monoisotopic (exact) mass is 169 g/mol. The standard InChI is InChI=1S/C7H13N4O/c8-7(9)10-6-1-3-11(5-12)4-2-6/h6H,1-4H2,(H4,8,9,10). The molecule has 1 fully saturated rings. The van der Waals surface area contributed by atoms with Crippen LogP contribution in [0.1, 0.15) is 12.8 Å². The molecule has 5 nitrogen and oxygen atoms in total. The summed E-state index contributed by atoms with van der Waals surface area (Å²) in [6, 6.07) is 0.243. The van der Waals surface area contributed by atoms with Gasteiger partial charge in [0.1, 0.15) is 0 Å². The maximum Gasteiger partial charge on any atom is 0.312 e. The zero-order valence-electron chi connectivity index (χ0n) is 6.84. The summed E-state index contributed by atoms with van der Waals surface area (Å²) in [5.74, 6) is 0.00327. The zero-order chi connectivity index (χ0) is 8.97. The van der Waals surface area contributed by atoms with Crippen LogP contribution in [0.3, 0.4) is 0 Å². The summed E-state index contributed by atoms with van der Waals surface area (Å²) in [6.45, 7) is 1.41. The van der Waals surface area contributed by atoms with Crippen molar-refractivity contribution in [1.29, 1.82) is 5.41 Å². The molecule has 0 saturated carbocycles. The van der Waals surface area contributed by atoms with Gasteiger partial charge in [-0.3, -0.25) is 10.2 Å². The molecule has 1 heterocycles. The number of piperidine rings is 1. The third-order valence-corrected chi connectivity index (χ3v) is 1.98. The Morgan fingerprint density at radius 3 is 2.58 bits per heavy atom. The van der Waals surface area contributed by atoms with Crippen molar-refractivity contribution in [1.82, 2.24) is 10.2 Å². The zero-order valence-corrected chi connectivity index (χ0v) is 6.84. The SMILES string of the molecule is N=C(N)NC1CCN([C]=O)CC1. The van der Waals surface area contributed by atoms with E-state index in [4.69, 9.17) is 11.1 Å². The van der Waals surface area contributed by atoms with E-state index in [9.17, 15) is 4.79 Å². The van der Waals surface area contributed by atoms with Crippen LogP contribution in [-0.4, -0.2) is 36.4 Å². The summed E-state index contributed by atoms with van der Waals surface area (Å²) >= 11 is 0. The van der Waals surface area contributed by atoms with Crippen LogP contribution in [-0.2, 0) is 4.79 Å². The third-order valence-electron chi connectivity index (χ3n) is 1.98. The minimum absolute atomic E-state index is 0.00327. The van der Waals surface area contributed by atoms with Gasteiger partial charge in [-0.1, -0.05) is 0 Å². The second-order valence-corrected chi connectivity index (χ2v) is 2.91. The van der Waals surface area contributed by atoms with Gasteiger partial charge >= 0.3 is 6.41 Å². The molecule has 12 heavy (non-hydrogen) atoms. The summed E-state index contributed by atoms with van der Waals surface area (Å²) in [6.07, 6.45) is 3.53. The number of rotatable bonds is 2. The van der Waals surface area contributed by atoms with E-state index >= 15 is 0 Å². The van der Waals surface area contributed by atoms with Gasteiger partial charge in [-0.2, -0.15) is 0 Å². The van der Waals surface area contributed by atoms with Gasteiger partial charge in [0.2, 0.25) is 0 Å². The van der Waals surface area contributed by atoms with Gasteiger partial charge in [0.05, 0.1) is 0 Å². The minimum Gasteiger partial charge on any atom is -0.370 e. The van der Waals surface area contributed by atoms with Crippen molar-refractivity contribution in [2.45, 2.75) is 18.9 Å². The molecule has 0 aromatic rings. The molecule has 0 aliphatic carbocycles. The van der Waals surface area contributed by atoms with E-state index in [1.54, 1.807) is 4.90 Å². The van der Waals surface area contributed by atoms with Crippen LogP contribution in [0.5, 0.6) is 0 Å². The van der Waals surface area contributed by atoms with Crippen molar-refractivity contribution < 1.29 is 4.79 Å². The smallest absolute Gasteiger partial charge is 0.312 e. The lowest BCUT2D eigenvalue weighted by Crippen LogP contribution is -2.46. The number of amides is 1. The molecule has 0 bridgehead atoms. The molecule has 1 amide bonds. The molecular formula is C7H13N4O. The fraction of sp³-hybridized carbons (Fsp3) is 0.714. The van der Waals surface area contributed by atoms with E-state index in [1.165, 1.54) is 0 Å². The first kappa shape index (κ1) is 8.83. The number of likely N-dealkylation sites (tertiary alicyclic amines) is 1. The van der Waals surface area contributed by atoms with Crippen molar-refractivity contribution in [2.75, 3.05) is 13.1 Å². The summed E-state index contributed by atoms with van der Waals surface area (Å²) in [5.41, 5.74) is 5.17. The van der Waals surface area contributed by atoms with Crippen LogP contribution in [0, 0.1) is 5.41 Å². The molecule has 5 heteroatoms. The van der Waals surface area contributed by atoms with Crippen LogP contribution in [0.2, 0.25) is 0 Å². The van der Waals surface area contributed by atoms with Crippen LogP contribution in [0.4, 0.5) is 0 Å². The van der Waals surface area contributed by atoms with Crippen molar-refractivity contribution in [3.63, 3.8) is 0 Å². The molecule has 1 aliphatic heterocycles. The van der Waals surface area contributed by atoms with Gasteiger partial charge < -0.3 is 16.0 Å². The number of carbonyl (C=O) groups excluding carboxylic acids is 1. The first-order valence-electron chi connectivity index (χ1n) is 3.95. The predicted molar refractivity (Wildman–Crippen MR) is 45.3 cm³/mol. The Balaban J connectivity index is 2.26. The maximum atomic E-state index is 10.2. The fourth-order valence-electron chi connectivity index (χ4n) is 1.34. The van der Waals surface area contributed by atoms with E-state index in [0.717, 1.165) is 12.8 Å². The highest BCUT2D eigenvalue weighted by Gasteiger charge is 2.17. The topological polar surface area (TPSA) is 82.2 Å². The number of nitrogens with one attached hydrogen (secondary N) is 2. The average molecular weight is 169 g/mol. The third kappa shape index (κ3) is 2.41. The first-order valence-corrected chi connectivity index (χ1v) is 3.95. The molecule has 1 aliphatic rings. The molecule has 0 spiro atoms. The lowest BCUT2D eigenvalue weighted by molar-refractivity contribution is 0.287. The number of nitrogens with zero attached hydrogens (tertiary/aromatic N) is 1. The molecular weight excluding hydrogens is 156 g/mol. The number of hydrogen-bond donors (Lipinski definition) is 3. The Hall–Kier alpha value is -1.26. The molecule has 1 saturated heterocycles. The Bertz CT molecular complexity index is 174. The highest BCUT2D eigenvalue weighted by molar-refractivity contribution is 5.74. The Morgan fingerprint density at radius 2 is 2.17 bits per heavy atom. The van der Waals surface area contributed by atoms with E-state index < -0.39 is 0 Å². The van der Waals surface area contributed by atoms with E-state index in [1.807, 2.05) is 6.41 Å². The number of guanidine groups is 1. The number of nitrogens with two attached hydrogens (primary N) is 1. The molecule has 1 radical (unpaired) electrons. The van der Waals surface area contributed by atoms with Crippen LogP contribution >= 0.6 is 0 Å². The molecule has 0 unspecified atom stereocenters. The summed E-state index contributed by atoms with van der Waals surface area (Å²) in [5, 5.41) is 9.83. The molecule has 0 aromatic carbocycles. The Kier molecular flexibility index (Phi) is 2.90. The quantitative estimate of drug-likeness (QED) is 0.366. The summed E-state index contributed by atoms with van der Waals surface area (Å²) < 4.78 is 0. The van der Waals surface area contributed by atoms with Gasteiger partial charge in [-0.25, -0.2) is 0 Å². The van der Waals surface area contributed by atoms with Gasteiger partial charge in [0.25, 0.3) is 0 Å². The second-order valence-electron chi connectivity index (χ2n) is 2.91. The van der Waals surface area contributed by atoms with Gasteiger partial charge in [-0.05, 0) is 12.8 Å². The molecule has 0 aromatic heterocycles. The van der Waals surface area contributed by atoms with Crippen molar-refractivity contribution in [3.05, 3.63) is 0 Å². The van der Waals surface area contributed by atoms with Crippen molar-refractivity contribution in [2.24, 2.45) is 5.73 Å².